The summed E-state index contributed by atoms with van der Waals surface area (Å²) in [7, 11) is 1.64. The maximum atomic E-state index is 10.4. The van der Waals surface area contributed by atoms with Crippen molar-refractivity contribution in [3.63, 3.8) is 0 Å². The molecule has 0 saturated heterocycles. The van der Waals surface area contributed by atoms with Crippen LogP contribution in [-0.2, 0) is 13.0 Å². The fourth-order valence-electron chi connectivity index (χ4n) is 1.51. The summed E-state index contributed by atoms with van der Waals surface area (Å²) in [4.78, 5) is 10.4. The number of aryl methyl sites for hydroxylation is 2. The van der Waals surface area contributed by atoms with Gasteiger partial charge >= 0.3 is 0 Å². The first-order valence-electron chi connectivity index (χ1n) is 5.30. The number of aldehydes is 1. The largest absolute Gasteiger partial charge is 0.497 e. The Hall–Kier alpha value is -2.17. The second kappa shape index (κ2) is 5.25. The number of carbonyl (C=O) groups excluding carboxylic acids is 1. The van der Waals surface area contributed by atoms with Crippen molar-refractivity contribution in [1.82, 2.24) is 15.0 Å². The fourth-order valence-corrected chi connectivity index (χ4v) is 1.51. The number of benzene rings is 1. The van der Waals surface area contributed by atoms with Crippen molar-refractivity contribution in [1.29, 1.82) is 0 Å². The SMILES string of the molecule is COc1ccc(CCn2cc(C=O)nn2)cc1. The molecule has 0 bridgehead atoms. The molecule has 0 atom stereocenters. The molecule has 1 heterocycles. The van der Waals surface area contributed by atoms with Gasteiger partial charge in [0.2, 0.25) is 0 Å². The highest BCUT2D eigenvalue weighted by Gasteiger charge is 2.00. The maximum absolute atomic E-state index is 10.4. The molecule has 5 nitrogen and oxygen atoms in total. The van der Waals surface area contributed by atoms with E-state index in [0.29, 0.717) is 18.5 Å². The van der Waals surface area contributed by atoms with Crippen molar-refractivity contribution >= 4 is 6.29 Å². The minimum Gasteiger partial charge on any atom is -0.497 e. The summed E-state index contributed by atoms with van der Waals surface area (Å²) < 4.78 is 6.74. The topological polar surface area (TPSA) is 57.0 Å². The van der Waals surface area contributed by atoms with E-state index < -0.39 is 0 Å². The van der Waals surface area contributed by atoms with Crippen molar-refractivity contribution in [3.05, 3.63) is 41.7 Å². The lowest BCUT2D eigenvalue weighted by atomic mass is 10.1. The molecule has 17 heavy (non-hydrogen) atoms. The second-order valence-electron chi connectivity index (χ2n) is 3.62. The monoisotopic (exact) mass is 231 g/mol. The Bertz CT molecular complexity index is 491. The minimum absolute atomic E-state index is 0.361. The summed E-state index contributed by atoms with van der Waals surface area (Å²) in [5.41, 5.74) is 1.55. The van der Waals surface area contributed by atoms with E-state index in [1.165, 1.54) is 5.56 Å². The van der Waals surface area contributed by atoms with Gasteiger partial charge in [-0.15, -0.1) is 5.10 Å². The van der Waals surface area contributed by atoms with Gasteiger partial charge in [0, 0.05) is 6.54 Å². The molecule has 0 aliphatic rings. The average molecular weight is 231 g/mol. The van der Waals surface area contributed by atoms with Gasteiger partial charge < -0.3 is 4.74 Å². The van der Waals surface area contributed by atoms with Crippen LogP contribution >= 0.6 is 0 Å². The summed E-state index contributed by atoms with van der Waals surface area (Å²) in [6.45, 7) is 0.702. The van der Waals surface area contributed by atoms with Crippen LogP contribution in [0.3, 0.4) is 0 Å². The molecule has 0 aliphatic carbocycles. The molecule has 5 heteroatoms. The predicted octanol–water partition coefficient (Wildman–Crippen LogP) is 1.34. The number of aromatic nitrogens is 3. The smallest absolute Gasteiger partial charge is 0.171 e. The van der Waals surface area contributed by atoms with Crippen LogP contribution in [-0.4, -0.2) is 28.4 Å². The van der Waals surface area contributed by atoms with E-state index in [9.17, 15) is 4.79 Å². The Morgan fingerprint density at radius 1 is 1.35 bits per heavy atom. The molecule has 0 aliphatic heterocycles. The summed E-state index contributed by atoms with van der Waals surface area (Å²) >= 11 is 0. The molecule has 0 amide bonds. The lowest BCUT2D eigenvalue weighted by molar-refractivity contribution is 0.111. The number of hydrogen-bond donors (Lipinski definition) is 0. The highest BCUT2D eigenvalue weighted by molar-refractivity contribution is 5.70. The third-order valence-electron chi connectivity index (χ3n) is 2.47. The Balaban J connectivity index is 1.94. The van der Waals surface area contributed by atoms with Crippen molar-refractivity contribution in [2.24, 2.45) is 0 Å². The van der Waals surface area contributed by atoms with Gasteiger partial charge in [-0.2, -0.15) is 0 Å². The van der Waals surface area contributed by atoms with E-state index in [-0.39, 0.29) is 0 Å². The van der Waals surface area contributed by atoms with Crippen LogP contribution in [0, 0.1) is 0 Å². The van der Waals surface area contributed by atoms with Gasteiger partial charge in [0.15, 0.2) is 6.29 Å². The first-order chi connectivity index (χ1) is 8.31. The van der Waals surface area contributed by atoms with E-state index in [1.807, 2.05) is 24.3 Å². The zero-order chi connectivity index (χ0) is 12.1. The van der Waals surface area contributed by atoms with Gasteiger partial charge in [-0.3, -0.25) is 9.48 Å². The van der Waals surface area contributed by atoms with Crippen LogP contribution < -0.4 is 4.74 Å². The summed E-state index contributed by atoms with van der Waals surface area (Å²) in [5.74, 6) is 0.845. The van der Waals surface area contributed by atoms with Gasteiger partial charge in [-0.05, 0) is 24.1 Å². The van der Waals surface area contributed by atoms with Crippen LogP contribution in [0.25, 0.3) is 0 Å². The zero-order valence-corrected chi connectivity index (χ0v) is 9.54. The van der Waals surface area contributed by atoms with Gasteiger partial charge in [0.25, 0.3) is 0 Å². The van der Waals surface area contributed by atoms with E-state index >= 15 is 0 Å². The van der Waals surface area contributed by atoms with Crippen LogP contribution in [0.15, 0.2) is 30.5 Å². The second-order valence-corrected chi connectivity index (χ2v) is 3.62. The molecule has 0 unspecified atom stereocenters. The number of methoxy groups -OCH3 is 1. The lowest BCUT2D eigenvalue weighted by Gasteiger charge is -2.03. The maximum Gasteiger partial charge on any atom is 0.171 e. The number of nitrogens with zero attached hydrogens (tertiary/aromatic N) is 3. The van der Waals surface area contributed by atoms with Gasteiger partial charge in [-0.25, -0.2) is 0 Å². The summed E-state index contributed by atoms with van der Waals surface area (Å²) in [5, 5.41) is 7.55. The number of rotatable bonds is 5. The molecule has 0 saturated carbocycles. The molecule has 0 N–H and O–H groups in total. The highest BCUT2D eigenvalue weighted by atomic mass is 16.5. The number of hydrogen-bond acceptors (Lipinski definition) is 4. The number of ether oxygens (including phenoxy) is 1. The quantitative estimate of drug-likeness (QED) is 0.729. The van der Waals surface area contributed by atoms with Crippen LogP contribution in [0.5, 0.6) is 5.75 Å². The van der Waals surface area contributed by atoms with E-state index in [1.54, 1.807) is 18.0 Å². The van der Waals surface area contributed by atoms with E-state index in [0.717, 1.165) is 12.2 Å². The summed E-state index contributed by atoms with van der Waals surface area (Å²) in [6.07, 6.45) is 3.17. The first kappa shape index (κ1) is 11.3. The Kier molecular flexibility index (Phi) is 3.49. The Morgan fingerprint density at radius 3 is 2.71 bits per heavy atom. The lowest BCUT2D eigenvalue weighted by Crippen LogP contribution is -2.02. The summed E-state index contributed by atoms with van der Waals surface area (Å²) in [6, 6.07) is 7.87. The normalized spacial score (nSPS) is 10.2. The van der Waals surface area contributed by atoms with Crippen molar-refractivity contribution in [2.75, 3.05) is 7.11 Å². The standard InChI is InChI=1S/C12H13N3O2/c1-17-12-4-2-10(3-5-12)6-7-15-8-11(9-16)13-14-15/h2-5,8-9H,6-7H2,1H3. The molecule has 2 aromatic rings. The van der Waals surface area contributed by atoms with Crippen LogP contribution in [0.1, 0.15) is 16.1 Å². The molecule has 0 fully saturated rings. The average Bonchev–Trinajstić information content (AvgIpc) is 2.85. The first-order valence-corrected chi connectivity index (χ1v) is 5.30. The third-order valence-corrected chi connectivity index (χ3v) is 2.47. The van der Waals surface area contributed by atoms with Crippen LogP contribution in [0.4, 0.5) is 0 Å². The third kappa shape index (κ3) is 2.90. The Morgan fingerprint density at radius 2 is 2.12 bits per heavy atom. The van der Waals surface area contributed by atoms with Crippen molar-refractivity contribution < 1.29 is 9.53 Å². The molecule has 1 aromatic carbocycles. The predicted molar refractivity (Wildman–Crippen MR) is 62.1 cm³/mol. The molecule has 2 rings (SSSR count). The van der Waals surface area contributed by atoms with E-state index in [2.05, 4.69) is 10.3 Å². The highest BCUT2D eigenvalue weighted by Crippen LogP contribution is 2.11. The molecule has 88 valence electrons. The van der Waals surface area contributed by atoms with Gasteiger partial charge in [-0.1, -0.05) is 17.3 Å². The molecule has 0 spiro atoms. The number of carbonyl (C=O) groups is 1. The fraction of sp³-hybridized carbons (Fsp3) is 0.250. The van der Waals surface area contributed by atoms with Crippen molar-refractivity contribution in [2.45, 2.75) is 13.0 Å². The van der Waals surface area contributed by atoms with Gasteiger partial charge in [0.05, 0.1) is 13.3 Å². The minimum atomic E-state index is 0.361. The molecular weight excluding hydrogens is 218 g/mol. The molecule has 0 radical (unpaired) electrons. The van der Waals surface area contributed by atoms with Crippen LogP contribution in [0.2, 0.25) is 0 Å². The zero-order valence-electron chi connectivity index (χ0n) is 9.54. The molecular formula is C12H13N3O2. The van der Waals surface area contributed by atoms with Crippen molar-refractivity contribution in [3.8, 4) is 5.75 Å². The Labute approximate surface area is 99.0 Å². The molecule has 1 aromatic heterocycles. The van der Waals surface area contributed by atoms with Gasteiger partial charge in [0.1, 0.15) is 11.4 Å². The van der Waals surface area contributed by atoms with E-state index in [4.69, 9.17) is 4.74 Å².